The Morgan fingerprint density at radius 2 is 2.24 bits per heavy atom. The van der Waals surface area contributed by atoms with E-state index in [9.17, 15) is 0 Å². The van der Waals surface area contributed by atoms with Crippen LogP contribution in [0, 0.1) is 22.5 Å². The summed E-state index contributed by atoms with van der Waals surface area (Å²) in [6.07, 6.45) is 6.92. The predicted octanol–water partition coefficient (Wildman–Crippen LogP) is 3.50. The van der Waals surface area contributed by atoms with Gasteiger partial charge in [0.2, 0.25) is 0 Å². The molecule has 2 fully saturated rings. The van der Waals surface area contributed by atoms with Gasteiger partial charge in [-0.25, -0.2) is 0 Å². The molecule has 17 heavy (non-hydrogen) atoms. The minimum absolute atomic E-state index is 0.412. The van der Waals surface area contributed by atoms with Crippen LogP contribution in [0.4, 0.5) is 0 Å². The van der Waals surface area contributed by atoms with Crippen LogP contribution < -0.4 is 0 Å². The molecule has 0 radical (unpaired) electrons. The van der Waals surface area contributed by atoms with E-state index in [1.54, 1.807) is 0 Å². The lowest BCUT2D eigenvalue weighted by Crippen LogP contribution is -2.17. The third kappa shape index (κ3) is 1.96. The van der Waals surface area contributed by atoms with Gasteiger partial charge in [-0.3, -0.25) is 5.10 Å². The second-order valence-corrected chi connectivity index (χ2v) is 6.43. The summed E-state index contributed by atoms with van der Waals surface area (Å²) < 4.78 is 2.96. The summed E-state index contributed by atoms with van der Waals surface area (Å²) in [5, 5.41) is 7.38. The van der Waals surface area contributed by atoms with E-state index in [-0.39, 0.29) is 0 Å². The summed E-state index contributed by atoms with van der Waals surface area (Å²) in [5.74, 6) is 4.00. The lowest BCUT2D eigenvalue weighted by atomic mass is 9.86. The Labute approximate surface area is 108 Å². The van der Waals surface area contributed by atoms with Gasteiger partial charge in [0.25, 0.3) is 0 Å². The summed E-state index contributed by atoms with van der Waals surface area (Å²) in [4.78, 5) is 0. The second kappa shape index (κ2) is 4.23. The number of H-pyrrole nitrogens is 1. The molecule has 2 bridgehead atoms. The standard InChI is InChI=1S/C13H21N3S/c1-8(2)16-12(14-15-13(16)17)7-11-6-9-3-4-10(11)5-9/h8-11H,3-7H2,1-2H3,(H,15,17). The fourth-order valence-corrected chi connectivity index (χ4v) is 4.24. The molecular weight excluding hydrogens is 230 g/mol. The number of nitrogens with one attached hydrogen (secondary N) is 1. The molecule has 1 aromatic rings. The molecule has 0 aromatic carbocycles. The molecule has 1 heterocycles. The Morgan fingerprint density at radius 3 is 2.82 bits per heavy atom. The third-order valence-electron chi connectivity index (χ3n) is 4.62. The molecule has 1 N–H and O–H groups in total. The largest absolute Gasteiger partial charge is 0.302 e. The first kappa shape index (κ1) is 11.5. The van der Waals surface area contributed by atoms with Crippen LogP contribution in [0.3, 0.4) is 0 Å². The second-order valence-electron chi connectivity index (χ2n) is 6.05. The molecule has 2 aliphatic carbocycles. The topological polar surface area (TPSA) is 33.6 Å². The number of aromatic nitrogens is 3. The fourth-order valence-electron chi connectivity index (χ4n) is 3.87. The maximum atomic E-state index is 5.30. The molecule has 3 unspecified atom stereocenters. The summed E-state index contributed by atoms with van der Waals surface area (Å²) >= 11 is 5.30. The van der Waals surface area contributed by atoms with Crippen molar-refractivity contribution >= 4 is 12.2 Å². The highest BCUT2D eigenvalue weighted by molar-refractivity contribution is 7.71. The summed E-state index contributed by atoms with van der Waals surface area (Å²) in [7, 11) is 0. The molecule has 3 rings (SSSR count). The molecule has 94 valence electrons. The third-order valence-corrected chi connectivity index (χ3v) is 4.91. The summed E-state index contributed by atoms with van der Waals surface area (Å²) in [5.41, 5.74) is 0. The number of nitrogens with zero attached hydrogens (tertiary/aromatic N) is 2. The highest BCUT2D eigenvalue weighted by atomic mass is 32.1. The first-order chi connectivity index (χ1) is 8.15. The molecule has 2 aliphatic rings. The average Bonchev–Trinajstić information content (AvgIpc) is 2.93. The van der Waals surface area contributed by atoms with Gasteiger partial charge in [-0.15, -0.1) is 0 Å². The zero-order valence-corrected chi connectivity index (χ0v) is 11.5. The Morgan fingerprint density at radius 1 is 1.41 bits per heavy atom. The first-order valence-corrected chi connectivity index (χ1v) is 7.21. The lowest BCUT2D eigenvalue weighted by Gasteiger charge is -2.21. The van der Waals surface area contributed by atoms with E-state index >= 15 is 0 Å². The van der Waals surface area contributed by atoms with Crippen LogP contribution in [0.15, 0.2) is 0 Å². The molecule has 4 heteroatoms. The molecule has 0 amide bonds. The molecule has 0 spiro atoms. The van der Waals surface area contributed by atoms with Gasteiger partial charge in [0.1, 0.15) is 5.82 Å². The van der Waals surface area contributed by atoms with Crippen LogP contribution in [0.2, 0.25) is 0 Å². The van der Waals surface area contributed by atoms with E-state index in [0.717, 1.165) is 28.9 Å². The van der Waals surface area contributed by atoms with Crippen LogP contribution in [0.1, 0.15) is 51.4 Å². The normalized spacial score (nSPS) is 31.6. The van der Waals surface area contributed by atoms with E-state index in [4.69, 9.17) is 12.2 Å². The van der Waals surface area contributed by atoms with Crippen LogP contribution >= 0.6 is 12.2 Å². The van der Waals surface area contributed by atoms with E-state index in [1.165, 1.54) is 31.5 Å². The van der Waals surface area contributed by atoms with E-state index in [2.05, 4.69) is 28.6 Å². The van der Waals surface area contributed by atoms with Gasteiger partial charge in [0.15, 0.2) is 4.77 Å². The molecule has 1 aromatic heterocycles. The molecule has 2 saturated carbocycles. The number of fused-ring (bicyclic) bond motifs is 2. The Hall–Kier alpha value is -0.640. The van der Waals surface area contributed by atoms with Crippen molar-refractivity contribution in [2.75, 3.05) is 0 Å². The van der Waals surface area contributed by atoms with Gasteiger partial charge < -0.3 is 4.57 Å². The van der Waals surface area contributed by atoms with Gasteiger partial charge in [-0.1, -0.05) is 6.42 Å². The van der Waals surface area contributed by atoms with E-state index < -0.39 is 0 Å². The SMILES string of the molecule is CC(C)n1c(CC2CC3CCC2C3)n[nH]c1=S. The Balaban J connectivity index is 1.79. The first-order valence-electron chi connectivity index (χ1n) is 6.81. The van der Waals surface area contributed by atoms with Crippen molar-refractivity contribution in [3.63, 3.8) is 0 Å². The van der Waals surface area contributed by atoms with Crippen molar-refractivity contribution in [3.05, 3.63) is 10.6 Å². The highest BCUT2D eigenvalue weighted by Gasteiger charge is 2.39. The molecule has 3 nitrogen and oxygen atoms in total. The molecule has 0 aliphatic heterocycles. The van der Waals surface area contributed by atoms with Gasteiger partial charge in [-0.2, -0.15) is 5.10 Å². The van der Waals surface area contributed by atoms with Crippen molar-refractivity contribution in [2.45, 2.75) is 52.0 Å². The smallest absolute Gasteiger partial charge is 0.195 e. The fraction of sp³-hybridized carbons (Fsp3) is 0.846. The van der Waals surface area contributed by atoms with Gasteiger partial charge >= 0.3 is 0 Å². The van der Waals surface area contributed by atoms with Crippen LogP contribution in [-0.4, -0.2) is 14.8 Å². The van der Waals surface area contributed by atoms with Gasteiger partial charge in [0.05, 0.1) is 0 Å². The minimum atomic E-state index is 0.412. The molecule has 0 saturated heterocycles. The lowest BCUT2D eigenvalue weighted by molar-refractivity contribution is 0.321. The van der Waals surface area contributed by atoms with Crippen molar-refractivity contribution < 1.29 is 0 Å². The highest BCUT2D eigenvalue weighted by Crippen LogP contribution is 2.49. The van der Waals surface area contributed by atoms with Crippen LogP contribution in [0.25, 0.3) is 0 Å². The zero-order chi connectivity index (χ0) is 12.0. The van der Waals surface area contributed by atoms with Crippen LogP contribution in [0.5, 0.6) is 0 Å². The summed E-state index contributed by atoms with van der Waals surface area (Å²) in [6.45, 7) is 4.35. The van der Waals surface area contributed by atoms with E-state index in [1.807, 2.05) is 0 Å². The Kier molecular flexibility index (Phi) is 2.85. The number of hydrogen-bond acceptors (Lipinski definition) is 2. The monoisotopic (exact) mass is 251 g/mol. The van der Waals surface area contributed by atoms with Crippen LogP contribution in [-0.2, 0) is 6.42 Å². The number of rotatable bonds is 3. The maximum absolute atomic E-state index is 5.30. The van der Waals surface area contributed by atoms with Crippen molar-refractivity contribution in [1.82, 2.24) is 14.8 Å². The van der Waals surface area contributed by atoms with E-state index in [0.29, 0.717) is 6.04 Å². The van der Waals surface area contributed by atoms with Gasteiger partial charge in [0, 0.05) is 12.5 Å². The van der Waals surface area contributed by atoms with Gasteiger partial charge in [-0.05, 0) is 63.1 Å². The maximum Gasteiger partial charge on any atom is 0.195 e. The number of hydrogen-bond donors (Lipinski definition) is 1. The molecule has 3 atom stereocenters. The molecular formula is C13H21N3S. The Bertz CT molecular complexity index is 459. The minimum Gasteiger partial charge on any atom is -0.302 e. The quantitative estimate of drug-likeness (QED) is 0.834. The zero-order valence-electron chi connectivity index (χ0n) is 10.6. The van der Waals surface area contributed by atoms with Crippen molar-refractivity contribution in [3.8, 4) is 0 Å². The summed E-state index contributed by atoms with van der Waals surface area (Å²) in [6, 6.07) is 0.412. The van der Waals surface area contributed by atoms with Crippen molar-refractivity contribution in [2.24, 2.45) is 17.8 Å². The predicted molar refractivity (Wildman–Crippen MR) is 70.4 cm³/mol. The van der Waals surface area contributed by atoms with Crippen molar-refractivity contribution in [1.29, 1.82) is 0 Å². The average molecular weight is 251 g/mol. The number of aromatic amines is 1.